The number of aromatic nitrogens is 1. The molecule has 2 heterocycles. The van der Waals surface area contributed by atoms with Crippen LogP contribution in [0.2, 0.25) is 0 Å². The number of nitrogens with zero attached hydrogens (tertiary/aromatic N) is 2. The minimum atomic E-state index is 0.584. The zero-order valence-corrected chi connectivity index (χ0v) is 14.5. The Morgan fingerprint density at radius 1 is 1.26 bits per heavy atom. The topological polar surface area (TPSA) is 58.5 Å². The van der Waals surface area contributed by atoms with Crippen molar-refractivity contribution < 1.29 is 4.74 Å². The number of rotatable bonds is 8. The molecule has 6 heteroatoms. The Morgan fingerprint density at radius 2 is 2.17 bits per heavy atom. The van der Waals surface area contributed by atoms with Crippen LogP contribution in [0.5, 0.6) is 5.88 Å². The molecule has 2 N–H and O–H groups in total. The second kappa shape index (κ2) is 9.84. The lowest BCUT2D eigenvalue weighted by molar-refractivity contribution is 0.305. The molecule has 0 radical (unpaired) electrons. The Hall–Kier alpha value is -2.08. The maximum atomic E-state index is 5.48. The van der Waals surface area contributed by atoms with Crippen LogP contribution in [-0.4, -0.2) is 24.1 Å². The van der Waals surface area contributed by atoms with Gasteiger partial charge in [0.25, 0.3) is 0 Å². The predicted molar refractivity (Wildman–Crippen MR) is 96.0 cm³/mol. The number of pyridine rings is 1. The third-order valence-electron chi connectivity index (χ3n) is 3.03. The number of aliphatic imine (C=N–C) groups is 1. The molecule has 0 aliphatic heterocycles. The van der Waals surface area contributed by atoms with Gasteiger partial charge in [0.2, 0.25) is 5.88 Å². The molecule has 0 aliphatic rings. The zero-order valence-electron chi connectivity index (χ0n) is 13.7. The van der Waals surface area contributed by atoms with Crippen LogP contribution in [0.4, 0.5) is 0 Å². The first kappa shape index (κ1) is 17.3. The van der Waals surface area contributed by atoms with Crippen molar-refractivity contribution in [3.63, 3.8) is 0 Å². The molecule has 0 amide bonds. The Kier molecular flexibility index (Phi) is 7.39. The van der Waals surface area contributed by atoms with Crippen molar-refractivity contribution in [1.29, 1.82) is 0 Å². The number of hydrogen-bond donors (Lipinski definition) is 2. The Bertz CT molecular complexity index is 581. The fourth-order valence-corrected chi connectivity index (χ4v) is 2.54. The van der Waals surface area contributed by atoms with E-state index in [1.54, 1.807) is 11.3 Å². The van der Waals surface area contributed by atoms with Gasteiger partial charge in [0, 0.05) is 23.7 Å². The van der Waals surface area contributed by atoms with Gasteiger partial charge >= 0.3 is 0 Å². The summed E-state index contributed by atoms with van der Waals surface area (Å²) >= 11 is 1.74. The van der Waals surface area contributed by atoms with Gasteiger partial charge in [-0.3, -0.25) is 0 Å². The van der Waals surface area contributed by atoms with Gasteiger partial charge in [0.1, 0.15) is 0 Å². The van der Waals surface area contributed by atoms with E-state index in [9.17, 15) is 0 Å². The van der Waals surface area contributed by atoms with Gasteiger partial charge < -0.3 is 15.4 Å². The first-order valence-electron chi connectivity index (χ1n) is 7.94. The van der Waals surface area contributed by atoms with Crippen LogP contribution < -0.4 is 15.4 Å². The SMILES string of the molecule is CCCOc1ccc(CN=C(NCC)NCc2cccs2)cn1. The quantitative estimate of drug-likeness (QED) is 0.576. The highest BCUT2D eigenvalue weighted by molar-refractivity contribution is 7.09. The molecule has 2 aromatic rings. The number of nitrogens with one attached hydrogen (secondary N) is 2. The van der Waals surface area contributed by atoms with E-state index in [4.69, 9.17) is 4.74 Å². The van der Waals surface area contributed by atoms with Crippen molar-refractivity contribution >= 4 is 17.3 Å². The molecular formula is C17H24N4OS. The molecule has 0 saturated heterocycles. The minimum Gasteiger partial charge on any atom is -0.478 e. The molecule has 23 heavy (non-hydrogen) atoms. The Morgan fingerprint density at radius 3 is 2.83 bits per heavy atom. The van der Waals surface area contributed by atoms with Crippen LogP contribution >= 0.6 is 11.3 Å². The average Bonchev–Trinajstić information content (AvgIpc) is 3.10. The van der Waals surface area contributed by atoms with E-state index >= 15 is 0 Å². The van der Waals surface area contributed by atoms with E-state index in [1.165, 1.54) is 4.88 Å². The second-order valence-corrected chi connectivity index (χ2v) is 6.01. The van der Waals surface area contributed by atoms with E-state index < -0.39 is 0 Å². The fourth-order valence-electron chi connectivity index (χ4n) is 1.89. The van der Waals surface area contributed by atoms with Crippen LogP contribution in [0.1, 0.15) is 30.7 Å². The summed E-state index contributed by atoms with van der Waals surface area (Å²) in [7, 11) is 0. The Balaban J connectivity index is 1.88. The lowest BCUT2D eigenvalue weighted by Crippen LogP contribution is -2.36. The second-order valence-electron chi connectivity index (χ2n) is 4.98. The molecule has 5 nitrogen and oxygen atoms in total. The molecule has 0 aromatic carbocycles. The maximum Gasteiger partial charge on any atom is 0.213 e. The lowest BCUT2D eigenvalue weighted by Gasteiger charge is -2.10. The molecule has 0 spiro atoms. The largest absolute Gasteiger partial charge is 0.478 e. The summed E-state index contributed by atoms with van der Waals surface area (Å²) in [5.74, 6) is 1.48. The molecule has 2 rings (SSSR count). The monoisotopic (exact) mass is 332 g/mol. The number of guanidine groups is 1. The summed E-state index contributed by atoms with van der Waals surface area (Å²) in [4.78, 5) is 10.2. The summed E-state index contributed by atoms with van der Waals surface area (Å²) in [6.45, 7) is 7.03. The van der Waals surface area contributed by atoms with Crippen molar-refractivity contribution in [2.24, 2.45) is 4.99 Å². The van der Waals surface area contributed by atoms with Gasteiger partial charge in [-0.15, -0.1) is 11.3 Å². The molecule has 0 atom stereocenters. The molecule has 0 aliphatic carbocycles. The highest BCUT2D eigenvalue weighted by atomic mass is 32.1. The summed E-state index contributed by atoms with van der Waals surface area (Å²) in [5, 5.41) is 8.67. The van der Waals surface area contributed by atoms with E-state index in [-0.39, 0.29) is 0 Å². The van der Waals surface area contributed by atoms with E-state index in [2.05, 4.69) is 52.0 Å². The van der Waals surface area contributed by atoms with Crippen molar-refractivity contribution in [3.05, 3.63) is 46.3 Å². The van der Waals surface area contributed by atoms with Crippen molar-refractivity contribution in [2.45, 2.75) is 33.4 Å². The van der Waals surface area contributed by atoms with Crippen molar-refractivity contribution in [3.8, 4) is 5.88 Å². The molecule has 2 aromatic heterocycles. The third kappa shape index (κ3) is 6.28. The standard InChI is InChI=1S/C17H24N4OS/c1-3-9-22-16-8-7-14(11-19-16)12-20-17(18-4-2)21-13-15-6-5-10-23-15/h5-8,10-11H,3-4,9,12-13H2,1-2H3,(H2,18,20,21). The van der Waals surface area contributed by atoms with E-state index in [1.807, 2.05) is 18.3 Å². The third-order valence-corrected chi connectivity index (χ3v) is 3.90. The smallest absolute Gasteiger partial charge is 0.213 e. The van der Waals surface area contributed by atoms with Gasteiger partial charge in [-0.2, -0.15) is 0 Å². The van der Waals surface area contributed by atoms with Crippen LogP contribution in [0, 0.1) is 0 Å². The van der Waals surface area contributed by atoms with Gasteiger partial charge in [0.15, 0.2) is 5.96 Å². The first-order chi connectivity index (χ1) is 11.3. The number of thiophene rings is 1. The van der Waals surface area contributed by atoms with E-state index in [0.29, 0.717) is 19.0 Å². The molecular weight excluding hydrogens is 308 g/mol. The van der Waals surface area contributed by atoms with Gasteiger partial charge in [-0.1, -0.05) is 19.1 Å². The van der Waals surface area contributed by atoms with Crippen LogP contribution in [0.15, 0.2) is 40.8 Å². The highest BCUT2D eigenvalue weighted by Crippen LogP contribution is 2.09. The summed E-state index contributed by atoms with van der Waals surface area (Å²) < 4.78 is 5.48. The zero-order chi connectivity index (χ0) is 16.3. The van der Waals surface area contributed by atoms with E-state index in [0.717, 1.165) is 31.0 Å². The van der Waals surface area contributed by atoms with Crippen LogP contribution in [0.25, 0.3) is 0 Å². The van der Waals surface area contributed by atoms with Gasteiger partial charge in [-0.05, 0) is 30.4 Å². The number of ether oxygens (including phenoxy) is 1. The molecule has 0 fully saturated rings. The minimum absolute atomic E-state index is 0.584. The maximum absolute atomic E-state index is 5.48. The molecule has 0 unspecified atom stereocenters. The van der Waals surface area contributed by atoms with Crippen molar-refractivity contribution in [1.82, 2.24) is 15.6 Å². The average molecular weight is 332 g/mol. The molecule has 0 saturated carbocycles. The number of hydrogen-bond acceptors (Lipinski definition) is 4. The summed E-state index contributed by atoms with van der Waals surface area (Å²) in [5.41, 5.74) is 1.06. The fraction of sp³-hybridized carbons (Fsp3) is 0.412. The normalized spacial score (nSPS) is 11.3. The summed E-state index contributed by atoms with van der Waals surface area (Å²) in [6, 6.07) is 8.07. The lowest BCUT2D eigenvalue weighted by atomic mass is 10.3. The first-order valence-corrected chi connectivity index (χ1v) is 8.82. The van der Waals surface area contributed by atoms with Crippen LogP contribution in [0.3, 0.4) is 0 Å². The van der Waals surface area contributed by atoms with Gasteiger partial charge in [0.05, 0.1) is 19.7 Å². The predicted octanol–water partition coefficient (Wildman–Crippen LogP) is 3.19. The molecule has 0 bridgehead atoms. The van der Waals surface area contributed by atoms with Gasteiger partial charge in [-0.25, -0.2) is 9.98 Å². The van der Waals surface area contributed by atoms with Crippen molar-refractivity contribution in [2.75, 3.05) is 13.2 Å². The summed E-state index contributed by atoms with van der Waals surface area (Å²) in [6.07, 6.45) is 2.80. The molecule has 124 valence electrons. The van der Waals surface area contributed by atoms with Crippen LogP contribution in [-0.2, 0) is 13.1 Å². The highest BCUT2D eigenvalue weighted by Gasteiger charge is 2.00. The Labute approximate surface area is 141 Å².